The Morgan fingerprint density at radius 3 is 2.62 bits per heavy atom. The lowest BCUT2D eigenvalue weighted by atomic mass is 10.1. The van der Waals surface area contributed by atoms with Crippen molar-refractivity contribution in [2.75, 3.05) is 11.4 Å². The molecule has 0 atom stereocenters. The molecule has 106 valence electrons. The van der Waals surface area contributed by atoms with Gasteiger partial charge in [0, 0.05) is 21.3 Å². The van der Waals surface area contributed by atoms with Crippen LogP contribution < -0.4 is 4.90 Å². The van der Waals surface area contributed by atoms with Crippen LogP contribution in [0.3, 0.4) is 0 Å². The first-order valence-electron chi connectivity index (χ1n) is 6.42. The molecule has 0 radical (unpaired) electrons. The minimum absolute atomic E-state index is 0.00742. The Morgan fingerprint density at radius 1 is 1.10 bits per heavy atom. The number of anilines is 1. The maximum absolute atomic E-state index is 12.3. The summed E-state index contributed by atoms with van der Waals surface area (Å²) in [7, 11) is 0. The first kappa shape index (κ1) is 14.1. The third-order valence-electron chi connectivity index (χ3n) is 3.43. The third kappa shape index (κ3) is 2.80. The molecule has 3 nitrogen and oxygen atoms in total. The summed E-state index contributed by atoms with van der Waals surface area (Å²) in [5.41, 5.74) is 2.09. The van der Waals surface area contributed by atoms with Crippen molar-refractivity contribution in [1.82, 2.24) is 0 Å². The molecular weight excluding hydrogens is 309 g/mol. The first-order valence-corrected chi connectivity index (χ1v) is 7.18. The van der Waals surface area contributed by atoms with Crippen molar-refractivity contribution in [3.8, 4) is 0 Å². The van der Waals surface area contributed by atoms with E-state index in [0.29, 0.717) is 27.7 Å². The third-order valence-corrected chi connectivity index (χ3v) is 3.90. The van der Waals surface area contributed by atoms with Crippen molar-refractivity contribution >= 4 is 40.6 Å². The van der Waals surface area contributed by atoms with E-state index in [1.807, 2.05) is 6.07 Å². The summed E-state index contributed by atoms with van der Waals surface area (Å²) in [6.45, 7) is -0.00742. The standard InChI is InChI=1S/C16H11Cl2NO2/c17-12-3-1-2-11(6-12)15(20)9-19-14-8-13(18)5-4-10(14)7-16(19)21/h1-6,8H,7,9H2. The van der Waals surface area contributed by atoms with Crippen molar-refractivity contribution in [3.63, 3.8) is 0 Å². The minimum atomic E-state index is -0.154. The molecule has 2 aromatic carbocycles. The molecule has 21 heavy (non-hydrogen) atoms. The number of Topliss-reactive ketones (excluding diaryl/α,β-unsaturated/α-hetero) is 1. The van der Waals surface area contributed by atoms with Gasteiger partial charge in [0.25, 0.3) is 0 Å². The number of amides is 1. The minimum Gasteiger partial charge on any atom is -0.304 e. The molecule has 0 aliphatic carbocycles. The molecule has 1 aliphatic heterocycles. The van der Waals surface area contributed by atoms with Crippen LogP contribution in [0.15, 0.2) is 42.5 Å². The van der Waals surface area contributed by atoms with Crippen LogP contribution in [0, 0.1) is 0 Å². The fourth-order valence-electron chi connectivity index (χ4n) is 2.40. The van der Waals surface area contributed by atoms with Gasteiger partial charge in [0.05, 0.1) is 13.0 Å². The van der Waals surface area contributed by atoms with E-state index in [2.05, 4.69) is 0 Å². The average Bonchev–Trinajstić information content (AvgIpc) is 2.75. The predicted octanol–water partition coefficient (Wildman–Crippen LogP) is 3.77. The van der Waals surface area contributed by atoms with E-state index in [1.165, 1.54) is 4.90 Å². The number of hydrogen-bond acceptors (Lipinski definition) is 2. The number of fused-ring (bicyclic) bond motifs is 1. The molecule has 0 saturated carbocycles. The SMILES string of the molecule is O=C(CN1C(=O)Cc2ccc(Cl)cc21)c1cccc(Cl)c1. The van der Waals surface area contributed by atoms with Crippen molar-refractivity contribution in [1.29, 1.82) is 0 Å². The molecule has 3 rings (SSSR count). The zero-order valence-corrected chi connectivity index (χ0v) is 12.5. The smallest absolute Gasteiger partial charge is 0.231 e. The van der Waals surface area contributed by atoms with Gasteiger partial charge in [-0.15, -0.1) is 0 Å². The zero-order chi connectivity index (χ0) is 15.0. The van der Waals surface area contributed by atoms with Crippen LogP contribution >= 0.6 is 23.2 Å². The number of nitrogens with zero attached hydrogens (tertiary/aromatic N) is 1. The number of ketones is 1. The van der Waals surface area contributed by atoms with E-state index in [4.69, 9.17) is 23.2 Å². The van der Waals surface area contributed by atoms with E-state index in [9.17, 15) is 9.59 Å². The second kappa shape index (κ2) is 5.51. The van der Waals surface area contributed by atoms with Gasteiger partial charge in [0.2, 0.25) is 5.91 Å². The van der Waals surface area contributed by atoms with Gasteiger partial charge in [-0.3, -0.25) is 9.59 Å². The lowest BCUT2D eigenvalue weighted by molar-refractivity contribution is -0.117. The lowest BCUT2D eigenvalue weighted by Gasteiger charge is -2.16. The fourth-order valence-corrected chi connectivity index (χ4v) is 2.76. The van der Waals surface area contributed by atoms with Crippen molar-refractivity contribution in [2.24, 2.45) is 0 Å². The highest BCUT2D eigenvalue weighted by Crippen LogP contribution is 2.31. The van der Waals surface area contributed by atoms with Crippen molar-refractivity contribution < 1.29 is 9.59 Å². The highest BCUT2D eigenvalue weighted by molar-refractivity contribution is 6.31. The molecule has 1 amide bonds. The van der Waals surface area contributed by atoms with Crippen LogP contribution in [0.4, 0.5) is 5.69 Å². The molecule has 1 aliphatic rings. The molecule has 0 unspecified atom stereocenters. The molecule has 0 saturated heterocycles. The molecule has 0 aromatic heterocycles. The van der Waals surface area contributed by atoms with Gasteiger partial charge in [-0.2, -0.15) is 0 Å². The fraction of sp³-hybridized carbons (Fsp3) is 0.125. The number of rotatable bonds is 3. The predicted molar refractivity (Wildman–Crippen MR) is 83.3 cm³/mol. The van der Waals surface area contributed by atoms with E-state index in [1.54, 1.807) is 36.4 Å². The molecule has 5 heteroatoms. The summed E-state index contributed by atoms with van der Waals surface area (Å²) >= 11 is 11.9. The van der Waals surface area contributed by atoms with Crippen LogP contribution in [0.25, 0.3) is 0 Å². The second-order valence-corrected chi connectivity index (χ2v) is 5.74. The topological polar surface area (TPSA) is 37.4 Å². The average molecular weight is 320 g/mol. The molecular formula is C16H11Cl2NO2. The monoisotopic (exact) mass is 319 g/mol. The summed E-state index contributed by atoms with van der Waals surface area (Å²) in [6, 6.07) is 12.0. The molecule has 1 heterocycles. The molecule has 0 bridgehead atoms. The summed E-state index contributed by atoms with van der Waals surface area (Å²) in [6.07, 6.45) is 0.301. The summed E-state index contributed by atoms with van der Waals surface area (Å²) < 4.78 is 0. The van der Waals surface area contributed by atoms with E-state index >= 15 is 0 Å². The number of hydrogen-bond donors (Lipinski definition) is 0. The van der Waals surface area contributed by atoms with E-state index in [-0.39, 0.29) is 18.2 Å². The van der Waals surface area contributed by atoms with Crippen LogP contribution in [0.1, 0.15) is 15.9 Å². The summed E-state index contributed by atoms with van der Waals surface area (Å²) in [4.78, 5) is 25.9. The Balaban J connectivity index is 1.87. The number of halogens is 2. The Morgan fingerprint density at radius 2 is 1.86 bits per heavy atom. The highest BCUT2D eigenvalue weighted by atomic mass is 35.5. The molecule has 0 N–H and O–H groups in total. The van der Waals surface area contributed by atoms with Gasteiger partial charge in [-0.25, -0.2) is 0 Å². The number of benzene rings is 2. The van der Waals surface area contributed by atoms with Gasteiger partial charge >= 0.3 is 0 Å². The Kier molecular flexibility index (Phi) is 3.70. The molecule has 2 aromatic rings. The van der Waals surface area contributed by atoms with Crippen LogP contribution in [-0.4, -0.2) is 18.2 Å². The Bertz CT molecular complexity index is 743. The summed E-state index contributed by atoms with van der Waals surface area (Å²) in [5, 5.41) is 1.04. The number of carbonyl (C=O) groups is 2. The largest absolute Gasteiger partial charge is 0.304 e. The Labute approximate surface area is 132 Å². The number of carbonyl (C=O) groups excluding carboxylic acids is 2. The lowest BCUT2D eigenvalue weighted by Crippen LogP contribution is -2.32. The van der Waals surface area contributed by atoms with E-state index < -0.39 is 0 Å². The zero-order valence-electron chi connectivity index (χ0n) is 11.0. The highest BCUT2D eigenvalue weighted by Gasteiger charge is 2.29. The normalized spacial score (nSPS) is 13.4. The van der Waals surface area contributed by atoms with Gasteiger partial charge in [0.15, 0.2) is 5.78 Å². The maximum Gasteiger partial charge on any atom is 0.231 e. The van der Waals surface area contributed by atoms with Gasteiger partial charge < -0.3 is 4.90 Å². The molecule has 0 spiro atoms. The van der Waals surface area contributed by atoms with Crippen LogP contribution in [0.5, 0.6) is 0 Å². The van der Waals surface area contributed by atoms with Gasteiger partial charge in [-0.1, -0.05) is 41.4 Å². The van der Waals surface area contributed by atoms with Gasteiger partial charge in [-0.05, 0) is 29.8 Å². The van der Waals surface area contributed by atoms with Gasteiger partial charge in [0.1, 0.15) is 0 Å². The van der Waals surface area contributed by atoms with E-state index in [0.717, 1.165) is 5.56 Å². The summed E-state index contributed by atoms with van der Waals surface area (Å²) in [5.74, 6) is -0.249. The van der Waals surface area contributed by atoms with Crippen LogP contribution in [0.2, 0.25) is 10.0 Å². The van der Waals surface area contributed by atoms with Crippen molar-refractivity contribution in [3.05, 3.63) is 63.6 Å². The second-order valence-electron chi connectivity index (χ2n) is 4.86. The molecule has 0 fully saturated rings. The quantitative estimate of drug-likeness (QED) is 0.808. The maximum atomic E-state index is 12.3. The van der Waals surface area contributed by atoms with Crippen LogP contribution in [-0.2, 0) is 11.2 Å². The first-order chi connectivity index (χ1) is 10.0. The Hall–Kier alpha value is -1.84. The van der Waals surface area contributed by atoms with Crippen molar-refractivity contribution in [2.45, 2.75) is 6.42 Å².